The Morgan fingerprint density at radius 3 is 2.32 bits per heavy atom. The Kier molecular flexibility index (Phi) is 11.0. The molecule has 6 unspecified atom stereocenters. The number of hydrogen-bond donors (Lipinski definition) is 8. The minimum Gasteiger partial charge on any atom is -0.481 e. The number of nitrogens with one attached hydrogen (secondary N) is 1. The molecule has 0 bridgehead atoms. The molecule has 15 heteroatoms. The predicted octanol–water partition coefficient (Wildman–Crippen LogP) is -0.338. The van der Waals surface area contributed by atoms with Gasteiger partial charge in [0.05, 0.1) is 30.4 Å². The van der Waals surface area contributed by atoms with Gasteiger partial charge in [0.25, 0.3) is 0 Å². The van der Waals surface area contributed by atoms with Crippen LogP contribution in [-0.4, -0.2) is 98.9 Å². The largest absolute Gasteiger partial charge is 0.481 e. The molecular weight excluding hydrogens is 584 g/mol. The molecule has 9 atom stereocenters. The van der Waals surface area contributed by atoms with Gasteiger partial charge in [0.1, 0.15) is 47.8 Å². The number of nitrogens with zero attached hydrogens (tertiary/aromatic N) is 2. The number of carboxylic acids is 1. The predicted molar refractivity (Wildman–Crippen MR) is 154 cm³/mol. The van der Waals surface area contributed by atoms with E-state index in [1.54, 1.807) is 6.07 Å². The maximum atomic E-state index is 13.7. The molecule has 1 aliphatic carbocycles. The van der Waals surface area contributed by atoms with E-state index in [1.807, 2.05) is 0 Å². The van der Waals surface area contributed by atoms with Crippen molar-refractivity contribution in [2.45, 2.75) is 61.7 Å². The number of carboxylic acid groups (broad SMARTS) is 1. The van der Waals surface area contributed by atoms with Gasteiger partial charge >= 0.3 is 5.97 Å². The molecule has 2 fully saturated rings. The van der Waals surface area contributed by atoms with Crippen LogP contribution in [0.4, 0.5) is 8.78 Å². The standard InChI is InChI=1S/C29H35F2N5O8/c30-17-5-1-3-14(7-17)19(32)11-34-20-9-16(28(41)42)10-22(25(20)38)43-29-27(40)24(26(39)23(13-37)44-29)35-12-21(36-33)15-4-2-6-18(31)8-15/h1-8,11-12,16,20,22-27,29,34,37-40H,9-10,13,32-33H2,(H,41,42)/b19-11-,35-12?,36-21?/t16?,20?,22-,23?,24?,25?,26+,27?,29-/m1/s1. The number of aliphatic imine (C=N–C) groups is 1. The van der Waals surface area contributed by atoms with Crippen molar-refractivity contribution in [1.29, 1.82) is 0 Å². The first-order chi connectivity index (χ1) is 21.0. The highest BCUT2D eigenvalue weighted by Crippen LogP contribution is 2.32. The van der Waals surface area contributed by atoms with Crippen LogP contribution in [0.3, 0.4) is 0 Å². The van der Waals surface area contributed by atoms with Crippen molar-refractivity contribution >= 4 is 23.6 Å². The lowest BCUT2D eigenvalue weighted by Crippen LogP contribution is -2.61. The fourth-order valence-electron chi connectivity index (χ4n) is 5.19. The Hall–Kier alpha value is -3.99. The second-order valence-electron chi connectivity index (χ2n) is 10.6. The topological polar surface area (TPSA) is 225 Å². The van der Waals surface area contributed by atoms with Gasteiger partial charge < -0.3 is 51.9 Å². The number of rotatable bonds is 10. The van der Waals surface area contributed by atoms with E-state index in [0.29, 0.717) is 5.56 Å². The third-order valence-electron chi connectivity index (χ3n) is 7.59. The summed E-state index contributed by atoms with van der Waals surface area (Å²) in [6.07, 6.45) is -6.28. The van der Waals surface area contributed by atoms with E-state index in [2.05, 4.69) is 15.4 Å². The third kappa shape index (κ3) is 7.74. The molecule has 1 saturated heterocycles. The highest BCUT2D eigenvalue weighted by molar-refractivity contribution is 6.38. The van der Waals surface area contributed by atoms with E-state index in [9.17, 15) is 39.1 Å². The van der Waals surface area contributed by atoms with Crippen LogP contribution >= 0.6 is 0 Å². The molecule has 2 aliphatic rings. The summed E-state index contributed by atoms with van der Waals surface area (Å²) in [5, 5.41) is 59.0. The van der Waals surface area contributed by atoms with Crippen molar-refractivity contribution in [3.8, 4) is 0 Å². The minimum atomic E-state index is -1.66. The Bertz CT molecular complexity index is 1400. The highest BCUT2D eigenvalue weighted by atomic mass is 19.1. The van der Waals surface area contributed by atoms with Crippen LogP contribution in [0.1, 0.15) is 24.0 Å². The number of hydrazone groups is 1. The number of halogens is 2. The molecular formula is C29H35F2N5O8. The van der Waals surface area contributed by atoms with Crippen LogP contribution in [0.5, 0.6) is 0 Å². The Morgan fingerprint density at radius 2 is 1.70 bits per heavy atom. The summed E-state index contributed by atoms with van der Waals surface area (Å²) >= 11 is 0. The highest BCUT2D eigenvalue weighted by Gasteiger charge is 2.48. The molecule has 0 amide bonds. The molecule has 238 valence electrons. The molecule has 0 radical (unpaired) electrons. The molecule has 1 heterocycles. The summed E-state index contributed by atoms with van der Waals surface area (Å²) < 4.78 is 38.8. The van der Waals surface area contributed by atoms with Crippen LogP contribution in [0.2, 0.25) is 0 Å². The molecule has 13 nitrogen and oxygen atoms in total. The molecule has 1 saturated carbocycles. The van der Waals surface area contributed by atoms with Crippen molar-refractivity contribution in [2.75, 3.05) is 6.61 Å². The summed E-state index contributed by atoms with van der Waals surface area (Å²) in [6.45, 7) is -0.694. The van der Waals surface area contributed by atoms with Gasteiger partial charge in [0.15, 0.2) is 6.29 Å². The van der Waals surface area contributed by atoms with Crippen LogP contribution in [0, 0.1) is 17.6 Å². The van der Waals surface area contributed by atoms with Gasteiger partial charge in [-0.05, 0) is 37.1 Å². The Balaban J connectivity index is 1.52. The number of aliphatic carboxylic acids is 1. The van der Waals surface area contributed by atoms with Crippen LogP contribution in [-0.2, 0) is 14.3 Å². The third-order valence-corrected chi connectivity index (χ3v) is 7.59. The van der Waals surface area contributed by atoms with Crippen molar-refractivity contribution in [1.82, 2.24) is 5.32 Å². The first-order valence-corrected chi connectivity index (χ1v) is 13.8. The van der Waals surface area contributed by atoms with E-state index in [-0.39, 0.29) is 29.8 Å². The number of aliphatic hydroxyl groups excluding tert-OH is 4. The lowest BCUT2D eigenvalue weighted by Gasteiger charge is -2.44. The monoisotopic (exact) mass is 619 g/mol. The van der Waals surface area contributed by atoms with Crippen LogP contribution in [0.25, 0.3) is 5.70 Å². The molecule has 2 aromatic rings. The quantitative estimate of drug-likeness (QED) is 0.0975. The summed E-state index contributed by atoms with van der Waals surface area (Å²) in [6, 6.07) is 8.61. The van der Waals surface area contributed by atoms with E-state index in [1.165, 1.54) is 42.6 Å². The average Bonchev–Trinajstić information content (AvgIpc) is 3.00. The summed E-state index contributed by atoms with van der Waals surface area (Å²) in [4.78, 5) is 16.1. The van der Waals surface area contributed by atoms with Crippen molar-refractivity contribution in [2.24, 2.45) is 27.6 Å². The van der Waals surface area contributed by atoms with Crippen molar-refractivity contribution in [3.05, 3.63) is 77.5 Å². The number of hydrogen-bond acceptors (Lipinski definition) is 12. The molecule has 2 aromatic carbocycles. The minimum absolute atomic E-state index is 0.0104. The van der Waals surface area contributed by atoms with E-state index >= 15 is 0 Å². The SMILES string of the molecule is NN=C(C=NC1C(O)[C@H](O[C@@H]2CC(C(=O)O)CC(N/C=C(\N)c3cccc(F)c3)C2O)OC(CO)[C@@H]1O)c1cccc(F)c1. The van der Waals surface area contributed by atoms with E-state index in [0.717, 1.165) is 12.3 Å². The number of ether oxygens (including phenoxy) is 2. The van der Waals surface area contributed by atoms with Gasteiger partial charge in [-0.2, -0.15) is 5.10 Å². The van der Waals surface area contributed by atoms with Crippen LogP contribution < -0.4 is 16.9 Å². The number of benzene rings is 2. The molecule has 1 aliphatic heterocycles. The fraction of sp³-hybridized carbons (Fsp3) is 0.414. The smallest absolute Gasteiger partial charge is 0.306 e. The summed E-state index contributed by atoms with van der Waals surface area (Å²) in [7, 11) is 0. The van der Waals surface area contributed by atoms with Crippen LogP contribution in [0.15, 0.2) is 64.8 Å². The number of aliphatic hydroxyl groups is 4. The second kappa shape index (κ2) is 14.7. The zero-order chi connectivity index (χ0) is 32.0. The second-order valence-corrected chi connectivity index (χ2v) is 10.6. The lowest BCUT2D eigenvalue weighted by molar-refractivity contribution is -0.300. The average molecular weight is 620 g/mol. The maximum absolute atomic E-state index is 13.7. The zero-order valence-electron chi connectivity index (χ0n) is 23.4. The summed E-state index contributed by atoms with van der Waals surface area (Å²) in [5.41, 5.74) is 6.84. The zero-order valence-corrected chi connectivity index (χ0v) is 23.4. The Labute approximate surface area is 251 Å². The number of carbonyl (C=O) groups is 1. The normalized spacial score (nSPS) is 31.6. The molecule has 0 spiro atoms. The van der Waals surface area contributed by atoms with Gasteiger partial charge in [-0.15, -0.1) is 0 Å². The first-order valence-electron chi connectivity index (χ1n) is 13.8. The molecule has 44 heavy (non-hydrogen) atoms. The van der Waals surface area contributed by atoms with Gasteiger partial charge in [0, 0.05) is 23.5 Å². The maximum Gasteiger partial charge on any atom is 0.306 e. The molecule has 0 aromatic heterocycles. The summed E-state index contributed by atoms with van der Waals surface area (Å²) in [5.74, 6) is 2.26. The lowest BCUT2D eigenvalue weighted by atomic mass is 9.81. The van der Waals surface area contributed by atoms with Crippen molar-refractivity contribution in [3.63, 3.8) is 0 Å². The molecule has 10 N–H and O–H groups in total. The first kappa shape index (κ1) is 32.9. The van der Waals surface area contributed by atoms with Crippen molar-refractivity contribution < 1.29 is 48.6 Å². The fourth-order valence-corrected chi connectivity index (χ4v) is 5.19. The van der Waals surface area contributed by atoms with Gasteiger partial charge in [0.2, 0.25) is 0 Å². The van der Waals surface area contributed by atoms with E-state index in [4.69, 9.17) is 21.1 Å². The van der Waals surface area contributed by atoms with Gasteiger partial charge in [-0.25, -0.2) is 8.78 Å². The number of nitrogens with two attached hydrogens (primary N) is 2. The van der Waals surface area contributed by atoms with Gasteiger partial charge in [-0.1, -0.05) is 24.3 Å². The van der Waals surface area contributed by atoms with Gasteiger partial charge in [-0.3, -0.25) is 9.79 Å². The molecule has 4 rings (SSSR count). The Morgan fingerprint density at radius 1 is 1.05 bits per heavy atom. The van der Waals surface area contributed by atoms with E-state index < -0.39 is 79.0 Å².